The second-order valence-electron chi connectivity index (χ2n) is 5.28. The van der Waals surface area contributed by atoms with Crippen LogP contribution in [0.1, 0.15) is 29.8 Å². The Bertz CT molecular complexity index is 712. The minimum atomic E-state index is -4.37. The summed E-state index contributed by atoms with van der Waals surface area (Å²) in [7, 11) is 0. The van der Waals surface area contributed by atoms with Crippen molar-refractivity contribution in [3.05, 3.63) is 45.6 Å². The summed E-state index contributed by atoms with van der Waals surface area (Å²) in [5, 5.41) is 7.72. The molecule has 1 aliphatic rings. The van der Waals surface area contributed by atoms with Gasteiger partial charge in [-0.2, -0.15) is 18.3 Å². The van der Waals surface area contributed by atoms with Crippen LogP contribution in [-0.2, 0) is 0 Å². The van der Waals surface area contributed by atoms with Crippen LogP contribution >= 0.6 is 23.2 Å². The molecule has 0 saturated heterocycles. The van der Waals surface area contributed by atoms with Crippen LogP contribution < -0.4 is 5.32 Å². The number of halogens is 5. The number of fused-ring (bicyclic) bond motifs is 1. The zero-order valence-corrected chi connectivity index (χ0v) is 13.0. The summed E-state index contributed by atoms with van der Waals surface area (Å²) < 4.78 is 41.0. The van der Waals surface area contributed by atoms with Gasteiger partial charge in [0.05, 0.1) is 21.8 Å². The predicted molar refractivity (Wildman–Crippen MR) is 79.5 cm³/mol. The Kier molecular flexibility index (Phi) is 3.77. The summed E-state index contributed by atoms with van der Waals surface area (Å²) >= 11 is 11.8. The van der Waals surface area contributed by atoms with E-state index in [-0.39, 0.29) is 6.42 Å². The molecule has 1 aliphatic heterocycles. The van der Waals surface area contributed by atoms with Gasteiger partial charge in [0.1, 0.15) is 5.82 Å². The average molecular weight is 350 g/mol. The number of nitrogens with one attached hydrogen (secondary N) is 1. The van der Waals surface area contributed by atoms with Gasteiger partial charge in [-0.15, -0.1) is 0 Å². The van der Waals surface area contributed by atoms with Crippen molar-refractivity contribution in [2.75, 3.05) is 5.32 Å². The molecule has 0 spiro atoms. The lowest BCUT2D eigenvalue weighted by Crippen LogP contribution is -2.35. The maximum Gasteiger partial charge on any atom is 0.410 e. The first-order valence-electron chi connectivity index (χ1n) is 6.60. The molecule has 0 saturated carbocycles. The molecule has 2 aromatic rings. The second kappa shape index (κ2) is 5.35. The number of aryl methyl sites for hydroxylation is 1. The van der Waals surface area contributed by atoms with E-state index in [1.807, 2.05) is 0 Å². The van der Waals surface area contributed by atoms with Crippen LogP contribution in [0.2, 0.25) is 10.0 Å². The van der Waals surface area contributed by atoms with E-state index in [1.54, 1.807) is 31.2 Å². The Hall–Kier alpha value is -1.40. The van der Waals surface area contributed by atoms with Crippen molar-refractivity contribution >= 4 is 29.0 Å². The van der Waals surface area contributed by atoms with Crippen molar-refractivity contribution in [2.45, 2.75) is 31.6 Å². The van der Waals surface area contributed by atoms with E-state index < -0.39 is 18.3 Å². The summed E-state index contributed by atoms with van der Waals surface area (Å²) in [5.41, 5.74) is 1.19. The molecule has 0 fully saturated rings. The van der Waals surface area contributed by atoms with Gasteiger partial charge in [0, 0.05) is 12.5 Å². The SMILES string of the molecule is Cc1cc2n(n1)C(C(F)(F)F)CC(c1ccc(Cl)c(Cl)c1)N2. The van der Waals surface area contributed by atoms with Crippen LogP contribution in [-0.4, -0.2) is 16.0 Å². The predicted octanol–water partition coefficient (Wildman–Crippen LogP) is 5.16. The monoisotopic (exact) mass is 349 g/mol. The van der Waals surface area contributed by atoms with Crippen molar-refractivity contribution < 1.29 is 13.2 Å². The summed E-state index contributed by atoms with van der Waals surface area (Å²) in [6, 6.07) is 4.27. The summed E-state index contributed by atoms with van der Waals surface area (Å²) in [6.07, 6.45) is -4.53. The fourth-order valence-corrected chi connectivity index (χ4v) is 2.95. The minimum absolute atomic E-state index is 0.157. The van der Waals surface area contributed by atoms with Crippen LogP contribution in [0.3, 0.4) is 0 Å². The van der Waals surface area contributed by atoms with Gasteiger partial charge >= 0.3 is 6.18 Å². The van der Waals surface area contributed by atoms with Crippen molar-refractivity contribution in [3.63, 3.8) is 0 Å². The molecule has 3 nitrogen and oxygen atoms in total. The quantitative estimate of drug-likeness (QED) is 0.770. The highest BCUT2D eigenvalue weighted by molar-refractivity contribution is 6.42. The van der Waals surface area contributed by atoms with E-state index in [1.165, 1.54) is 0 Å². The molecule has 1 N–H and O–H groups in total. The second-order valence-corrected chi connectivity index (χ2v) is 6.09. The van der Waals surface area contributed by atoms with Gasteiger partial charge in [0.15, 0.2) is 6.04 Å². The molecule has 2 heterocycles. The van der Waals surface area contributed by atoms with Crippen LogP contribution in [0.4, 0.5) is 19.0 Å². The van der Waals surface area contributed by atoms with Crippen LogP contribution in [0.25, 0.3) is 0 Å². The first-order valence-corrected chi connectivity index (χ1v) is 7.35. The van der Waals surface area contributed by atoms with Gasteiger partial charge in [0.2, 0.25) is 0 Å². The highest BCUT2D eigenvalue weighted by Gasteiger charge is 2.46. The molecular formula is C14H12Cl2F3N3. The summed E-state index contributed by atoms with van der Waals surface area (Å²) in [6.45, 7) is 1.66. The molecule has 0 radical (unpaired) electrons. The van der Waals surface area contributed by atoms with E-state index in [2.05, 4.69) is 10.4 Å². The molecule has 2 unspecified atom stereocenters. The van der Waals surface area contributed by atoms with Gasteiger partial charge in [-0.3, -0.25) is 0 Å². The van der Waals surface area contributed by atoms with Gasteiger partial charge in [-0.25, -0.2) is 4.68 Å². The first-order chi connectivity index (χ1) is 10.3. The molecule has 3 rings (SSSR count). The number of hydrogen-bond acceptors (Lipinski definition) is 2. The van der Waals surface area contributed by atoms with E-state index in [0.717, 1.165) is 4.68 Å². The summed E-state index contributed by atoms with van der Waals surface area (Å²) in [5.74, 6) is 0.349. The zero-order valence-electron chi connectivity index (χ0n) is 11.5. The maximum atomic E-state index is 13.3. The number of anilines is 1. The molecule has 22 heavy (non-hydrogen) atoms. The normalized spacial score (nSPS) is 21.4. The van der Waals surface area contributed by atoms with E-state index in [9.17, 15) is 13.2 Å². The lowest BCUT2D eigenvalue weighted by atomic mass is 9.97. The smallest absolute Gasteiger partial charge is 0.363 e. The third-order valence-corrected chi connectivity index (χ3v) is 4.40. The largest absolute Gasteiger partial charge is 0.410 e. The highest BCUT2D eigenvalue weighted by Crippen LogP contribution is 2.44. The molecule has 8 heteroatoms. The number of benzene rings is 1. The molecule has 118 valence electrons. The third kappa shape index (κ3) is 2.77. The Labute approximate surface area is 135 Å². The van der Waals surface area contributed by atoms with Gasteiger partial charge in [0.25, 0.3) is 0 Å². The molecular weight excluding hydrogens is 338 g/mol. The van der Waals surface area contributed by atoms with Crippen molar-refractivity contribution in [1.29, 1.82) is 0 Å². The topological polar surface area (TPSA) is 29.9 Å². The fourth-order valence-electron chi connectivity index (χ4n) is 2.64. The van der Waals surface area contributed by atoms with E-state index in [0.29, 0.717) is 27.1 Å². The molecule has 0 amide bonds. The Balaban J connectivity index is 2.00. The van der Waals surface area contributed by atoms with Crippen molar-refractivity contribution in [1.82, 2.24) is 9.78 Å². The Morgan fingerprint density at radius 2 is 1.95 bits per heavy atom. The van der Waals surface area contributed by atoms with Gasteiger partial charge in [-0.1, -0.05) is 29.3 Å². The zero-order chi connectivity index (χ0) is 16.1. The number of nitrogens with zero attached hydrogens (tertiary/aromatic N) is 2. The molecule has 2 atom stereocenters. The van der Waals surface area contributed by atoms with Gasteiger partial charge in [-0.05, 0) is 24.6 Å². The standard InChI is InChI=1S/C14H12Cl2F3N3/c1-7-4-13-20-11(8-2-3-9(15)10(16)5-8)6-12(14(17,18)19)22(13)21-7/h2-5,11-12,20H,6H2,1H3. The lowest BCUT2D eigenvalue weighted by molar-refractivity contribution is -0.173. The first kappa shape index (κ1) is 15.5. The Morgan fingerprint density at radius 3 is 2.59 bits per heavy atom. The fraction of sp³-hybridized carbons (Fsp3) is 0.357. The number of alkyl halides is 3. The number of aromatic nitrogens is 2. The van der Waals surface area contributed by atoms with Crippen LogP contribution in [0.5, 0.6) is 0 Å². The average Bonchev–Trinajstić information content (AvgIpc) is 2.79. The Morgan fingerprint density at radius 1 is 1.23 bits per heavy atom. The molecule has 0 bridgehead atoms. The number of hydrogen-bond donors (Lipinski definition) is 1. The number of rotatable bonds is 1. The van der Waals surface area contributed by atoms with Crippen molar-refractivity contribution in [2.24, 2.45) is 0 Å². The highest BCUT2D eigenvalue weighted by atomic mass is 35.5. The maximum absolute atomic E-state index is 13.3. The van der Waals surface area contributed by atoms with Crippen molar-refractivity contribution in [3.8, 4) is 0 Å². The summed E-state index contributed by atoms with van der Waals surface area (Å²) in [4.78, 5) is 0. The molecule has 1 aromatic carbocycles. The van der Waals surface area contributed by atoms with Gasteiger partial charge < -0.3 is 5.32 Å². The minimum Gasteiger partial charge on any atom is -0.363 e. The van der Waals surface area contributed by atoms with E-state index in [4.69, 9.17) is 23.2 Å². The lowest BCUT2D eigenvalue weighted by Gasteiger charge is -2.33. The van der Waals surface area contributed by atoms with E-state index >= 15 is 0 Å². The molecule has 1 aromatic heterocycles. The van der Waals surface area contributed by atoms with Crippen LogP contribution in [0.15, 0.2) is 24.3 Å². The molecule has 0 aliphatic carbocycles. The third-order valence-electron chi connectivity index (χ3n) is 3.66. The van der Waals surface area contributed by atoms with Crippen LogP contribution in [0, 0.1) is 6.92 Å².